The number of rotatable bonds is 6. The molecule has 0 bridgehead atoms. The fourth-order valence-corrected chi connectivity index (χ4v) is 5.35. The molecule has 1 aliphatic heterocycles. The number of fused-ring (bicyclic) bond motifs is 1. The third kappa shape index (κ3) is 4.04. The van der Waals surface area contributed by atoms with Gasteiger partial charge < -0.3 is 15.8 Å². The lowest BCUT2D eigenvalue weighted by Gasteiger charge is -2.31. The van der Waals surface area contributed by atoms with Gasteiger partial charge in [-0.1, -0.05) is 18.6 Å². The fourth-order valence-electron chi connectivity index (χ4n) is 5.35. The van der Waals surface area contributed by atoms with Crippen molar-refractivity contribution in [2.45, 2.75) is 32.2 Å². The van der Waals surface area contributed by atoms with Crippen molar-refractivity contribution in [1.82, 2.24) is 15.7 Å². The second-order valence-electron chi connectivity index (χ2n) is 8.81. The molecule has 6 nitrogen and oxygen atoms in total. The molecule has 1 amide bonds. The van der Waals surface area contributed by atoms with Crippen molar-refractivity contribution in [3.63, 3.8) is 0 Å². The van der Waals surface area contributed by atoms with Crippen molar-refractivity contribution < 1.29 is 14.3 Å². The molecule has 5 rings (SSSR count). The molecule has 0 spiro atoms. The van der Waals surface area contributed by atoms with E-state index in [-0.39, 0.29) is 23.7 Å². The van der Waals surface area contributed by atoms with Crippen LogP contribution in [0.1, 0.15) is 37.8 Å². The Morgan fingerprint density at radius 1 is 1.33 bits per heavy atom. The Morgan fingerprint density at radius 2 is 2.15 bits per heavy atom. The maximum absolute atomic E-state index is 13.4. The molecule has 0 saturated carbocycles. The molecular formula is C26H27FN4O2. The molecule has 170 valence electrons. The number of halogens is 1. The molecule has 1 aromatic carbocycles. The molecule has 3 aliphatic rings. The second-order valence-corrected chi connectivity index (χ2v) is 8.81. The van der Waals surface area contributed by atoms with Gasteiger partial charge in [0.15, 0.2) is 0 Å². The Balaban J connectivity index is 1.42. The Hall–Kier alpha value is -3.45. The standard InChI is InChI=1S/C26H27FN4O2/c1-16-22-14-29-31(21-8-6-20(27)7-9-21)24(22)12-18-5-4-17(26(16)18)11-23(30-25(33)15-32)19-3-2-10-28-13-19/h2-3,6-10,12-14,16-17,23,29,32H,4-5,11,15H2,1H3,(H,30,33)/t16-,17+,23?/m0/s1. The number of aliphatic hydroxyl groups is 1. The molecule has 2 aromatic rings. The van der Waals surface area contributed by atoms with Gasteiger partial charge in [0.2, 0.25) is 5.91 Å². The van der Waals surface area contributed by atoms with Gasteiger partial charge >= 0.3 is 0 Å². The van der Waals surface area contributed by atoms with E-state index in [4.69, 9.17) is 0 Å². The lowest BCUT2D eigenvalue weighted by atomic mass is 9.78. The van der Waals surface area contributed by atoms with Crippen LogP contribution in [-0.4, -0.2) is 22.6 Å². The average Bonchev–Trinajstić information content (AvgIpc) is 3.44. The van der Waals surface area contributed by atoms with E-state index in [1.54, 1.807) is 24.5 Å². The van der Waals surface area contributed by atoms with E-state index in [0.29, 0.717) is 5.92 Å². The number of benzene rings is 1. The highest BCUT2D eigenvalue weighted by molar-refractivity contribution is 5.77. The zero-order chi connectivity index (χ0) is 22.9. The first-order valence-corrected chi connectivity index (χ1v) is 11.3. The highest BCUT2D eigenvalue weighted by atomic mass is 19.1. The second kappa shape index (κ2) is 8.83. The first-order valence-electron chi connectivity index (χ1n) is 11.3. The zero-order valence-corrected chi connectivity index (χ0v) is 18.5. The minimum Gasteiger partial charge on any atom is -0.387 e. The molecular weight excluding hydrogens is 419 g/mol. The molecule has 0 radical (unpaired) electrons. The molecule has 2 heterocycles. The van der Waals surface area contributed by atoms with Gasteiger partial charge in [-0.2, -0.15) is 0 Å². The van der Waals surface area contributed by atoms with Gasteiger partial charge in [0.05, 0.1) is 17.4 Å². The third-order valence-corrected chi connectivity index (χ3v) is 6.87. The van der Waals surface area contributed by atoms with Crippen LogP contribution < -0.4 is 15.8 Å². The van der Waals surface area contributed by atoms with E-state index in [2.05, 4.69) is 28.7 Å². The van der Waals surface area contributed by atoms with Gasteiger partial charge in [-0.15, -0.1) is 0 Å². The number of aromatic nitrogens is 1. The van der Waals surface area contributed by atoms with Crippen molar-refractivity contribution in [2.24, 2.45) is 11.8 Å². The lowest BCUT2D eigenvalue weighted by molar-refractivity contribution is -0.124. The molecule has 33 heavy (non-hydrogen) atoms. The number of carbonyl (C=O) groups is 1. The minimum atomic E-state index is -0.532. The predicted octanol–water partition coefficient (Wildman–Crippen LogP) is 3.91. The van der Waals surface area contributed by atoms with E-state index in [9.17, 15) is 14.3 Å². The Kier molecular flexibility index (Phi) is 5.72. The van der Waals surface area contributed by atoms with Crippen LogP contribution in [0.5, 0.6) is 0 Å². The number of carbonyl (C=O) groups excluding carboxylic acids is 1. The molecule has 3 atom stereocenters. The van der Waals surface area contributed by atoms with Crippen molar-refractivity contribution in [3.8, 4) is 0 Å². The molecule has 3 N–H and O–H groups in total. The van der Waals surface area contributed by atoms with Gasteiger partial charge in [0.1, 0.15) is 12.4 Å². The number of nitrogens with one attached hydrogen (secondary N) is 2. The molecule has 0 saturated heterocycles. The number of hydrogen-bond donors (Lipinski definition) is 3. The summed E-state index contributed by atoms with van der Waals surface area (Å²) in [5.41, 5.74) is 10.2. The van der Waals surface area contributed by atoms with Gasteiger partial charge in [0.25, 0.3) is 0 Å². The maximum atomic E-state index is 13.4. The molecule has 2 aliphatic carbocycles. The van der Waals surface area contributed by atoms with Crippen LogP contribution in [0.2, 0.25) is 0 Å². The van der Waals surface area contributed by atoms with Crippen molar-refractivity contribution in [3.05, 3.63) is 94.9 Å². The first-order chi connectivity index (χ1) is 16.0. The number of allylic oxidation sites excluding steroid dienone is 4. The van der Waals surface area contributed by atoms with Gasteiger partial charge in [-0.3, -0.25) is 14.8 Å². The van der Waals surface area contributed by atoms with E-state index in [0.717, 1.165) is 36.2 Å². The fraction of sp³-hybridized carbons (Fsp3) is 0.308. The van der Waals surface area contributed by atoms with E-state index >= 15 is 0 Å². The number of nitrogens with zero attached hydrogens (tertiary/aromatic N) is 2. The zero-order valence-electron chi connectivity index (χ0n) is 18.5. The van der Waals surface area contributed by atoms with Crippen LogP contribution in [0.3, 0.4) is 0 Å². The Bertz CT molecular complexity index is 1140. The molecule has 1 unspecified atom stereocenters. The summed E-state index contributed by atoms with van der Waals surface area (Å²) in [6.07, 6.45) is 10.5. The van der Waals surface area contributed by atoms with Crippen LogP contribution in [0.4, 0.5) is 10.1 Å². The number of hydrazine groups is 1. The summed E-state index contributed by atoms with van der Waals surface area (Å²) in [4.78, 5) is 16.2. The molecule has 1 aromatic heterocycles. The van der Waals surface area contributed by atoms with Crippen LogP contribution in [-0.2, 0) is 4.79 Å². The summed E-state index contributed by atoms with van der Waals surface area (Å²) in [7, 11) is 0. The van der Waals surface area contributed by atoms with Crippen LogP contribution in [0, 0.1) is 17.7 Å². The summed E-state index contributed by atoms with van der Waals surface area (Å²) in [6, 6.07) is 10.1. The predicted molar refractivity (Wildman–Crippen MR) is 124 cm³/mol. The van der Waals surface area contributed by atoms with Gasteiger partial charge in [-0.05, 0) is 72.7 Å². The van der Waals surface area contributed by atoms with Crippen LogP contribution in [0.25, 0.3) is 0 Å². The first kappa shape index (κ1) is 21.4. The summed E-state index contributed by atoms with van der Waals surface area (Å²) in [5, 5.41) is 14.2. The molecule has 7 heteroatoms. The van der Waals surface area contributed by atoms with Crippen molar-refractivity contribution >= 4 is 11.6 Å². The van der Waals surface area contributed by atoms with Crippen molar-refractivity contribution in [2.75, 3.05) is 11.6 Å². The summed E-state index contributed by atoms with van der Waals surface area (Å²) >= 11 is 0. The van der Waals surface area contributed by atoms with Crippen LogP contribution >= 0.6 is 0 Å². The quantitative estimate of drug-likeness (QED) is 0.627. The van der Waals surface area contributed by atoms with Gasteiger partial charge in [-0.25, -0.2) is 4.39 Å². The third-order valence-electron chi connectivity index (χ3n) is 6.87. The maximum Gasteiger partial charge on any atom is 0.246 e. The van der Waals surface area contributed by atoms with E-state index < -0.39 is 6.61 Å². The highest BCUT2D eigenvalue weighted by Gasteiger charge is 2.39. The number of aliphatic hydroxyl groups excluding tert-OH is 1. The minimum absolute atomic E-state index is 0.209. The van der Waals surface area contributed by atoms with E-state index in [1.807, 2.05) is 23.3 Å². The Morgan fingerprint density at radius 3 is 2.88 bits per heavy atom. The topological polar surface area (TPSA) is 77.5 Å². The Labute approximate surface area is 192 Å². The number of hydrogen-bond acceptors (Lipinski definition) is 5. The molecule has 0 fully saturated rings. The monoisotopic (exact) mass is 446 g/mol. The number of pyridine rings is 1. The van der Waals surface area contributed by atoms with Crippen molar-refractivity contribution in [1.29, 1.82) is 0 Å². The smallest absolute Gasteiger partial charge is 0.246 e. The van der Waals surface area contributed by atoms with Gasteiger partial charge in [0, 0.05) is 30.1 Å². The number of amides is 1. The normalized spacial score (nSPS) is 22.2. The largest absolute Gasteiger partial charge is 0.387 e. The summed E-state index contributed by atoms with van der Waals surface area (Å²) in [5.74, 6) is -0.0870. The van der Waals surface area contributed by atoms with E-state index in [1.165, 1.54) is 28.9 Å². The lowest BCUT2D eigenvalue weighted by Crippen LogP contribution is -2.33. The SMILES string of the molecule is C[C@H]1C2=CNN(c3ccc(F)cc3)C2=CC2=C1[C@@H](CC(NC(=O)CO)c1cccnc1)CC2. The van der Waals surface area contributed by atoms with Crippen LogP contribution in [0.15, 0.2) is 83.5 Å². The average molecular weight is 447 g/mol. The summed E-state index contributed by atoms with van der Waals surface area (Å²) < 4.78 is 13.4. The summed E-state index contributed by atoms with van der Waals surface area (Å²) in [6.45, 7) is 1.70. The number of anilines is 1. The highest BCUT2D eigenvalue weighted by Crippen LogP contribution is 2.49.